The maximum atomic E-state index is 10.7. The lowest BCUT2D eigenvalue weighted by Crippen LogP contribution is -2.39. The smallest absolute Gasteiger partial charge is 0.150 e. The number of anilines is 1. The highest BCUT2D eigenvalue weighted by Gasteiger charge is 2.32. The van der Waals surface area contributed by atoms with Gasteiger partial charge in [-0.15, -0.1) is 0 Å². The lowest BCUT2D eigenvalue weighted by Gasteiger charge is -2.30. The van der Waals surface area contributed by atoms with Crippen LogP contribution in [0.1, 0.15) is 41.6 Å². The minimum Gasteiger partial charge on any atom is -0.388 e. The molecular weight excluding hydrogens is 240 g/mol. The van der Waals surface area contributed by atoms with E-state index >= 15 is 0 Å². The van der Waals surface area contributed by atoms with Crippen LogP contribution in [-0.4, -0.2) is 30.6 Å². The minimum absolute atomic E-state index is 0.466. The highest BCUT2D eigenvalue weighted by molar-refractivity contribution is 5.78. The molecule has 0 unspecified atom stereocenters. The van der Waals surface area contributed by atoms with Crippen molar-refractivity contribution in [1.82, 2.24) is 0 Å². The van der Waals surface area contributed by atoms with Crippen molar-refractivity contribution in [2.24, 2.45) is 0 Å². The molecule has 1 fully saturated rings. The molecule has 19 heavy (non-hydrogen) atoms. The van der Waals surface area contributed by atoms with Crippen molar-refractivity contribution in [2.45, 2.75) is 31.3 Å². The number of aliphatic hydroxyl groups is 1. The summed E-state index contributed by atoms with van der Waals surface area (Å²) in [6.07, 6.45) is 4.46. The summed E-state index contributed by atoms with van der Waals surface area (Å²) in [6, 6.07) is 7.14. The Morgan fingerprint density at radius 3 is 2.74 bits per heavy atom. The van der Waals surface area contributed by atoms with Crippen LogP contribution in [-0.2, 0) is 0 Å². The van der Waals surface area contributed by atoms with Crippen LogP contribution in [0, 0.1) is 11.3 Å². The molecule has 1 saturated carbocycles. The summed E-state index contributed by atoms with van der Waals surface area (Å²) in [4.78, 5) is 12.6. The van der Waals surface area contributed by atoms with E-state index in [4.69, 9.17) is 5.26 Å². The quantitative estimate of drug-likeness (QED) is 0.840. The van der Waals surface area contributed by atoms with Gasteiger partial charge in [-0.3, -0.25) is 4.79 Å². The number of likely N-dealkylation sites (N-methyl/N-ethyl adjacent to an activating group) is 1. The Morgan fingerprint density at radius 1 is 1.47 bits per heavy atom. The van der Waals surface area contributed by atoms with Crippen LogP contribution in [0.5, 0.6) is 0 Å². The van der Waals surface area contributed by atoms with E-state index in [9.17, 15) is 9.90 Å². The number of hydrogen-bond acceptors (Lipinski definition) is 4. The van der Waals surface area contributed by atoms with Crippen molar-refractivity contribution < 1.29 is 9.90 Å². The number of carbonyl (C=O) groups is 1. The van der Waals surface area contributed by atoms with Crippen LogP contribution in [0.25, 0.3) is 0 Å². The van der Waals surface area contributed by atoms with Gasteiger partial charge < -0.3 is 10.0 Å². The first-order chi connectivity index (χ1) is 9.08. The molecule has 1 aliphatic carbocycles. The molecule has 1 aromatic rings. The summed E-state index contributed by atoms with van der Waals surface area (Å²) in [5.74, 6) is 0. The molecule has 0 atom stereocenters. The van der Waals surface area contributed by atoms with Gasteiger partial charge in [0, 0.05) is 19.2 Å². The molecule has 0 aromatic heterocycles. The molecule has 0 spiro atoms. The molecule has 1 aliphatic rings. The van der Waals surface area contributed by atoms with Gasteiger partial charge in [0.05, 0.1) is 16.9 Å². The molecule has 0 radical (unpaired) electrons. The van der Waals surface area contributed by atoms with E-state index in [-0.39, 0.29) is 0 Å². The Morgan fingerprint density at radius 2 is 2.16 bits per heavy atom. The predicted molar refractivity (Wildman–Crippen MR) is 73.2 cm³/mol. The molecule has 100 valence electrons. The second-order valence-electron chi connectivity index (χ2n) is 5.29. The van der Waals surface area contributed by atoms with E-state index in [1.807, 2.05) is 11.9 Å². The Bertz CT molecular complexity index is 513. The van der Waals surface area contributed by atoms with Crippen molar-refractivity contribution in [1.29, 1.82) is 5.26 Å². The Balaban J connectivity index is 2.21. The largest absolute Gasteiger partial charge is 0.388 e. The second-order valence-corrected chi connectivity index (χ2v) is 5.29. The summed E-state index contributed by atoms with van der Waals surface area (Å²) >= 11 is 0. The molecular formula is C15H18N2O2. The molecule has 4 nitrogen and oxygen atoms in total. The lowest BCUT2D eigenvalue weighted by molar-refractivity contribution is 0.0559. The normalized spacial score (nSPS) is 16.9. The maximum Gasteiger partial charge on any atom is 0.150 e. The van der Waals surface area contributed by atoms with Gasteiger partial charge in [-0.25, -0.2) is 0 Å². The third kappa shape index (κ3) is 2.94. The van der Waals surface area contributed by atoms with Gasteiger partial charge in [-0.05, 0) is 31.0 Å². The number of nitrogens with zero attached hydrogens (tertiary/aromatic N) is 2. The average molecular weight is 258 g/mol. The lowest BCUT2D eigenvalue weighted by atomic mass is 10.0. The topological polar surface area (TPSA) is 64.3 Å². The zero-order chi connectivity index (χ0) is 13.9. The summed E-state index contributed by atoms with van der Waals surface area (Å²) in [7, 11) is 1.87. The fraction of sp³-hybridized carbons (Fsp3) is 0.467. The van der Waals surface area contributed by atoms with Gasteiger partial charge in [0.2, 0.25) is 0 Å². The van der Waals surface area contributed by atoms with Crippen molar-refractivity contribution >= 4 is 12.0 Å². The fourth-order valence-electron chi connectivity index (χ4n) is 2.77. The summed E-state index contributed by atoms with van der Waals surface area (Å²) in [6.45, 7) is 0.516. The van der Waals surface area contributed by atoms with Gasteiger partial charge in [-0.1, -0.05) is 12.8 Å². The van der Waals surface area contributed by atoms with Gasteiger partial charge >= 0.3 is 0 Å². The van der Waals surface area contributed by atoms with Crippen molar-refractivity contribution in [3.8, 4) is 6.07 Å². The van der Waals surface area contributed by atoms with Crippen LogP contribution in [0.2, 0.25) is 0 Å². The SMILES string of the molecule is CN(CC1(O)CCCC1)c1ccc(C=O)cc1C#N. The van der Waals surface area contributed by atoms with Crippen LogP contribution in [0.3, 0.4) is 0 Å². The standard InChI is InChI=1S/C15H18N2O2/c1-17(11-15(19)6-2-3-7-15)14-5-4-12(10-18)8-13(14)9-16/h4-5,8,10,19H,2-3,6-7,11H2,1H3. The summed E-state index contributed by atoms with van der Waals surface area (Å²) in [5, 5.41) is 19.6. The molecule has 2 rings (SSSR count). The zero-order valence-electron chi connectivity index (χ0n) is 11.1. The second kappa shape index (κ2) is 5.41. The van der Waals surface area contributed by atoms with Gasteiger partial charge in [0.1, 0.15) is 12.4 Å². The summed E-state index contributed by atoms with van der Waals surface area (Å²) in [5.41, 5.74) is 1.07. The zero-order valence-corrected chi connectivity index (χ0v) is 11.1. The molecule has 0 amide bonds. The van der Waals surface area contributed by atoms with E-state index in [1.165, 1.54) is 0 Å². The Labute approximate surface area is 113 Å². The molecule has 0 aliphatic heterocycles. The van der Waals surface area contributed by atoms with Gasteiger partial charge in [0.15, 0.2) is 0 Å². The Kier molecular flexibility index (Phi) is 3.87. The van der Waals surface area contributed by atoms with Crippen molar-refractivity contribution in [2.75, 3.05) is 18.5 Å². The van der Waals surface area contributed by atoms with Crippen LogP contribution >= 0.6 is 0 Å². The van der Waals surface area contributed by atoms with E-state index in [2.05, 4.69) is 6.07 Å². The number of aldehydes is 1. The van der Waals surface area contributed by atoms with E-state index in [0.29, 0.717) is 17.7 Å². The molecule has 1 N–H and O–H groups in total. The van der Waals surface area contributed by atoms with Crippen molar-refractivity contribution in [3.05, 3.63) is 29.3 Å². The molecule has 0 bridgehead atoms. The average Bonchev–Trinajstić information content (AvgIpc) is 2.84. The number of rotatable bonds is 4. The highest BCUT2D eigenvalue weighted by Crippen LogP contribution is 2.31. The molecule has 0 saturated heterocycles. The number of benzene rings is 1. The number of nitriles is 1. The first-order valence-corrected chi connectivity index (χ1v) is 6.51. The van der Waals surface area contributed by atoms with Gasteiger partial charge in [0.25, 0.3) is 0 Å². The first kappa shape index (κ1) is 13.6. The molecule has 1 aromatic carbocycles. The predicted octanol–water partition coefficient (Wildman–Crippen LogP) is 2.11. The third-order valence-corrected chi connectivity index (χ3v) is 3.75. The Hall–Kier alpha value is -1.86. The molecule has 0 heterocycles. The van der Waals surface area contributed by atoms with Crippen LogP contribution in [0.15, 0.2) is 18.2 Å². The number of carbonyl (C=O) groups excluding carboxylic acids is 1. The van der Waals surface area contributed by atoms with E-state index in [0.717, 1.165) is 37.7 Å². The van der Waals surface area contributed by atoms with Gasteiger partial charge in [-0.2, -0.15) is 5.26 Å². The number of hydrogen-bond donors (Lipinski definition) is 1. The van der Waals surface area contributed by atoms with Crippen molar-refractivity contribution in [3.63, 3.8) is 0 Å². The molecule has 4 heteroatoms. The monoisotopic (exact) mass is 258 g/mol. The fourth-order valence-corrected chi connectivity index (χ4v) is 2.77. The third-order valence-electron chi connectivity index (χ3n) is 3.75. The summed E-state index contributed by atoms with van der Waals surface area (Å²) < 4.78 is 0. The van der Waals surface area contributed by atoms with E-state index < -0.39 is 5.60 Å². The van der Waals surface area contributed by atoms with Crippen LogP contribution in [0.4, 0.5) is 5.69 Å². The highest BCUT2D eigenvalue weighted by atomic mass is 16.3. The van der Waals surface area contributed by atoms with E-state index in [1.54, 1.807) is 18.2 Å². The van der Waals surface area contributed by atoms with Crippen LogP contribution < -0.4 is 4.90 Å². The minimum atomic E-state index is -0.648. The first-order valence-electron chi connectivity index (χ1n) is 6.51. The maximum absolute atomic E-state index is 10.7.